The van der Waals surface area contributed by atoms with Gasteiger partial charge in [0.05, 0.1) is 11.7 Å². The van der Waals surface area contributed by atoms with Crippen molar-refractivity contribution in [2.24, 2.45) is 11.3 Å². The fourth-order valence-electron chi connectivity index (χ4n) is 3.75. The van der Waals surface area contributed by atoms with Crippen LogP contribution in [-0.4, -0.2) is 45.4 Å². The van der Waals surface area contributed by atoms with Crippen LogP contribution in [0.15, 0.2) is 24.4 Å². The summed E-state index contributed by atoms with van der Waals surface area (Å²) in [6.45, 7) is 12.9. The summed E-state index contributed by atoms with van der Waals surface area (Å²) in [4.78, 5) is 26.8. The summed E-state index contributed by atoms with van der Waals surface area (Å²) in [7, 11) is 0. The van der Waals surface area contributed by atoms with Crippen molar-refractivity contribution in [3.05, 3.63) is 30.0 Å². The number of ether oxygens (including phenoxy) is 1. The maximum absolute atomic E-state index is 12.6. The average Bonchev–Trinajstić information content (AvgIpc) is 3.02. The van der Waals surface area contributed by atoms with Gasteiger partial charge in [0.25, 0.3) is 5.91 Å². The van der Waals surface area contributed by atoms with Gasteiger partial charge >= 0.3 is 6.09 Å². The van der Waals surface area contributed by atoms with Crippen molar-refractivity contribution in [1.82, 2.24) is 14.7 Å². The van der Waals surface area contributed by atoms with Gasteiger partial charge in [-0.3, -0.25) is 4.79 Å². The Morgan fingerprint density at radius 2 is 1.90 bits per heavy atom. The van der Waals surface area contributed by atoms with Crippen LogP contribution in [0, 0.1) is 11.3 Å². The SMILES string of the molecule is CC(C)(C)OC(=O)N1CCCC(Cc2ccc3c(cnn3C(=O)C(C)(C)C)c2)C1. The Morgan fingerprint density at radius 3 is 2.55 bits per heavy atom. The van der Waals surface area contributed by atoms with Gasteiger partial charge < -0.3 is 9.64 Å². The van der Waals surface area contributed by atoms with Crippen LogP contribution in [0.5, 0.6) is 0 Å². The quantitative estimate of drug-likeness (QED) is 0.719. The van der Waals surface area contributed by atoms with Crippen molar-refractivity contribution in [3.63, 3.8) is 0 Å². The number of carbonyl (C=O) groups excluding carboxylic acids is 2. The maximum atomic E-state index is 12.6. The van der Waals surface area contributed by atoms with Crippen molar-refractivity contribution in [2.45, 2.75) is 66.4 Å². The minimum absolute atomic E-state index is 0.0134. The van der Waals surface area contributed by atoms with E-state index in [9.17, 15) is 9.59 Å². The van der Waals surface area contributed by atoms with Gasteiger partial charge in [-0.1, -0.05) is 26.8 Å². The van der Waals surface area contributed by atoms with E-state index in [4.69, 9.17) is 4.74 Å². The first-order valence-corrected chi connectivity index (χ1v) is 10.4. The number of amides is 1. The van der Waals surface area contributed by atoms with Crippen LogP contribution in [0.3, 0.4) is 0 Å². The van der Waals surface area contributed by atoms with E-state index >= 15 is 0 Å². The molecule has 2 aromatic rings. The van der Waals surface area contributed by atoms with E-state index in [0.29, 0.717) is 12.5 Å². The highest BCUT2D eigenvalue weighted by atomic mass is 16.6. The minimum Gasteiger partial charge on any atom is -0.444 e. The van der Waals surface area contributed by atoms with E-state index in [0.717, 1.165) is 36.7 Å². The van der Waals surface area contributed by atoms with Crippen molar-refractivity contribution in [3.8, 4) is 0 Å². The Morgan fingerprint density at radius 1 is 1.17 bits per heavy atom. The maximum Gasteiger partial charge on any atom is 0.410 e. The topological polar surface area (TPSA) is 64.4 Å². The molecule has 2 heterocycles. The molecule has 0 spiro atoms. The van der Waals surface area contributed by atoms with E-state index in [2.05, 4.69) is 17.2 Å². The molecule has 0 N–H and O–H groups in total. The lowest BCUT2D eigenvalue weighted by molar-refractivity contribution is 0.0166. The van der Waals surface area contributed by atoms with Crippen molar-refractivity contribution in [1.29, 1.82) is 0 Å². The molecular weight excluding hydrogens is 366 g/mol. The van der Waals surface area contributed by atoms with E-state index in [1.165, 1.54) is 10.2 Å². The first kappa shape index (κ1) is 21.3. The highest BCUT2D eigenvalue weighted by Crippen LogP contribution is 2.26. The van der Waals surface area contributed by atoms with Crippen molar-refractivity contribution < 1.29 is 14.3 Å². The number of likely N-dealkylation sites (tertiary alicyclic amines) is 1. The number of rotatable bonds is 2. The standard InChI is InChI=1S/C23H33N3O3/c1-22(2,3)20(27)26-19-10-9-16(13-18(19)14-24-26)12-17-8-7-11-25(15-17)21(28)29-23(4,5)6/h9-10,13-14,17H,7-8,11-12,15H2,1-6H3. The number of piperidine rings is 1. The largest absolute Gasteiger partial charge is 0.444 e. The van der Waals surface area contributed by atoms with Gasteiger partial charge in [-0.15, -0.1) is 0 Å². The molecule has 0 radical (unpaired) electrons. The minimum atomic E-state index is -0.481. The van der Waals surface area contributed by atoms with Crippen LogP contribution in [0.25, 0.3) is 10.9 Å². The summed E-state index contributed by atoms with van der Waals surface area (Å²) in [5.74, 6) is 0.389. The van der Waals surface area contributed by atoms with Crippen molar-refractivity contribution >= 4 is 22.9 Å². The lowest BCUT2D eigenvalue weighted by atomic mass is 9.91. The van der Waals surface area contributed by atoms with E-state index < -0.39 is 11.0 Å². The molecule has 1 aromatic heterocycles. The normalized spacial score (nSPS) is 18.1. The molecule has 1 unspecified atom stereocenters. The second-order valence-corrected chi connectivity index (χ2v) is 10.1. The summed E-state index contributed by atoms with van der Waals surface area (Å²) in [5, 5.41) is 5.29. The number of aromatic nitrogens is 2. The molecule has 0 saturated carbocycles. The Balaban J connectivity index is 1.70. The first-order valence-electron chi connectivity index (χ1n) is 10.4. The molecule has 1 fully saturated rings. The van der Waals surface area contributed by atoms with E-state index in [1.54, 1.807) is 6.20 Å². The van der Waals surface area contributed by atoms with Crippen LogP contribution in [0.2, 0.25) is 0 Å². The Bertz CT molecular complexity index is 902. The lowest BCUT2D eigenvalue weighted by Crippen LogP contribution is -2.43. The van der Waals surface area contributed by atoms with Crippen LogP contribution in [-0.2, 0) is 11.2 Å². The molecule has 0 aliphatic carbocycles. The number of carbonyl (C=O) groups is 2. The first-order chi connectivity index (χ1) is 13.4. The molecule has 1 aromatic carbocycles. The second kappa shape index (κ2) is 7.81. The Kier molecular flexibility index (Phi) is 5.74. The Labute approximate surface area is 173 Å². The van der Waals surface area contributed by atoms with Crippen molar-refractivity contribution in [2.75, 3.05) is 13.1 Å². The summed E-state index contributed by atoms with van der Waals surface area (Å²) in [6.07, 6.45) is 4.52. The molecule has 1 aliphatic heterocycles. The molecular formula is C23H33N3O3. The molecule has 1 atom stereocenters. The fourth-order valence-corrected chi connectivity index (χ4v) is 3.75. The van der Waals surface area contributed by atoms with Gasteiger partial charge in [0.2, 0.25) is 0 Å². The molecule has 6 heteroatoms. The highest BCUT2D eigenvalue weighted by Gasteiger charge is 2.28. The van der Waals surface area contributed by atoms with Gasteiger partial charge in [-0.25, -0.2) is 4.79 Å². The number of hydrogen-bond donors (Lipinski definition) is 0. The summed E-state index contributed by atoms with van der Waals surface area (Å²) >= 11 is 0. The van der Waals surface area contributed by atoms with Crippen LogP contribution < -0.4 is 0 Å². The zero-order valence-corrected chi connectivity index (χ0v) is 18.5. The highest BCUT2D eigenvalue weighted by molar-refractivity contribution is 5.93. The average molecular weight is 400 g/mol. The third kappa shape index (κ3) is 5.17. The molecule has 3 rings (SSSR count). The third-order valence-corrected chi connectivity index (χ3v) is 5.16. The molecule has 1 amide bonds. The molecule has 0 bridgehead atoms. The molecule has 1 saturated heterocycles. The Hall–Kier alpha value is -2.37. The molecule has 1 aliphatic rings. The number of hydrogen-bond acceptors (Lipinski definition) is 4. The number of nitrogens with zero attached hydrogens (tertiary/aromatic N) is 3. The van der Waals surface area contributed by atoms with Gasteiger partial charge in [-0.05, 0) is 63.6 Å². The molecule has 158 valence electrons. The van der Waals surface area contributed by atoms with Gasteiger partial charge in [-0.2, -0.15) is 9.78 Å². The smallest absolute Gasteiger partial charge is 0.410 e. The van der Waals surface area contributed by atoms with Crippen LogP contribution >= 0.6 is 0 Å². The van der Waals surface area contributed by atoms with Crippen LogP contribution in [0.4, 0.5) is 4.79 Å². The summed E-state index contributed by atoms with van der Waals surface area (Å²) < 4.78 is 7.03. The number of fused-ring (bicyclic) bond motifs is 1. The number of benzene rings is 1. The molecule has 29 heavy (non-hydrogen) atoms. The fraction of sp³-hybridized carbons (Fsp3) is 0.609. The molecule has 6 nitrogen and oxygen atoms in total. The summed E-state index contributed by atoms with van der Waals surface area (Å²) in [5.41, 5.74) is 1.09. The van der Waals surface area contributed by atoms with Crippen LogP contribution in [0.1, 0.15) is 64.7 Å². The van der Waals surface area contributed by atoms with E-state index in [1.807, 2.05) is 52.5 Å². The zero-order chi connectivity index (χ0) is 21.4. The van der Waals surface area contributed by atoms with E-state index in [-0.39, 0.29) is 12.0 Å². The second-order valence-electron chi connectivity index (χ2n) is 10.1. The monoisotopic (exact) mass is 399 g/mol. The lowest BCUT2D eigenvalue weighted by Gasteiger charge is -2.34. The predicted molar refractivity (Wildman–Crippen MR) is 114 cm³/mol. The van der Waals surface area contributed by atoms with Gasteiger partial charge in [0, 0.05) is 23.9 Å². The predicted octanol–water partition coefficient (Wildman–Crippen LogP) is 4.91. The van der Waals surface area contributed by atoms with Gasteiger partial charge in [0.15, 0.2) is 0 Å². The van der Waals surface area contributed by atoms with Gasteiger partial charge in [0.1, 0.15) is 5.60 Å². The third-order valence-electron chi connectivity index (χ3n) is 5.16. The zero-order valence-electron chi connectivity index (χ0n) is 18.5. The summed E-state index contributed by atoms with van der Waals surface area (Å²) in [6, 6.07) is 6.17.